The van der Waals surface area contributed by atoms with Crippen LogP contribution in [0.1, 0.15) is 46.9 Å². The van der Waals surface area contributed by atoms with Gasteiger partial charge in [-0.15, -0.1) is 11.3 Å². The van der Waals surface area contributed by atoms with Crippen molar-refractivity contribution in [1.82, 2.24) is 24.8 Å². The molecular formula is C20H22FN7O2S. The van der Waals surface area contributed by atoms with Crippen molar-refractivity contribution in [3.8, 4) is 0 Å². The van der Waals surface area contributed by atoms with Gasteiger partial charge in [-0.1, -0.05) is 0 Å². The Balaban J connectivity index is 1.62. The Labute approximate surface area is 181 Å². The fourth-order valence-corrected chi connectivity index (χ4v) is 4.54. The monoisotopic (exact) mass is 443 g/mol. The number of nitrogens with one attached hydrogen (secondary N) is 1. The maximum absolute atomic E-state index is 13.5. The number of halogens is 1. The van der Waals surface area contributed by atoms with Crippen molar-refractivity contribution in [2.24, 2.45) is 11.7 Å². The molecule has 1 aliphatic heterocycles. The molecule has 0 aromatic carbocycles. The molecule has 4 rings (SSSR count). The molecule has 2 amide bonds. The molecule has 31 heavy (non-hydrogen) atoms. The van der Waals surface area contributed by atoms with Gasteiger partial charge in [-0.3, -0.25) is 14.6 Å². The minimum Gasteiger partial charge on any atom is -0.370 e. The van der Waals surface area contributed by atoms with Crippen LogP contribution in [0.2, 0.25) is 0 Å². The van der Waals surface area contributed by atoms with Crippen LogP contribution in [0.3, 0.4) is 0 Å². The minimum absolute atomic E-state index is 0.0556. The van der Waals surface area contributed by atoms with Crippen LogP contribution in [-0.4, -0.2) is 49.7 Å². The summed E-state index contributed by atoms with van der Waals surface area (Å²) in [5.41, 5.74) is 6.62. The van der Waals surface area contributed by atoms with E-state index in [1.807, 2.05) is 13.8 Å². The van der Waals surface area contributed by atoms with Gasteiger partial charge >= 0.3 is 0 Å². The first-order valence-electron chi connectivity index (χ1n) is 9.90. The van der Waals surface area contributed by atoms with Crippen molar-refractivity contribution in [2.75, 3.05) is 18.4 Å². The molecule has 0 spiro atoms. The Morgan fingerprint density at radius 3 is 2.90 bits per heavy atom. The number of aryl methyl sites for hydroxylation is 1. The second-order valence-corrected chi connectivity index (χ2v) is 8.86. The van der Waals surface area contributed by atoms with Crippen LogP contribution >= 0.6 is 11.3 Å². The zero-order chi connectivity index (χ0) is 22.1. The molecule has 1 fully saturated rings. The van der Waals surface area contributed by atoms with Gasteiger partial charge in [0.15, 0.2) is 11.3 Å². The lowest BCUT2D eigenvalue weighted by Gasteiger charge is -2.18. The molecule has 0 radical (unpaired) electrons. The summed E-state index contributed by atoms with van der Waals surface area (Å²) < 4.78 is 14.1. The highest BCUT2D eigenvalue weighted by Crippen LogP contribution is 2.29. The number of rotatable bonds is 6. The third-order valence-electron chi connectivity index (χ3n) is 5.20. The number of thiazole rings is 1. The summed E-state index contributed by atoms with van der Waals surface area (Å²) in [6.45, 7) is 4.66. The van der Waals surface area contributed by atoms with E-state index in [0.717, 1.165) is 17.6 Å². The molecule has 0 bridgehead atoms. The van der Waals surface area contributed by atoms with E-state index < -0.39 is 5.82 Å². The molecule has 0 unspecified atom stereocenters. The third-order valence-corrected chi connectivity index (χ3v) is 6.16. The number of carbonyl (C=O) groups is 2. The highest BCUT2D eigenvalue weighted by atomic mass is 32.1. The average molecular weight is 444 g/mol. The van der Waals surface area contributed by atoms with Gasteiger partial charge < -0.3 is 16.0 Å². The predicted octanol–water partition coefficient (Wildman–Crippen LogP) is 2.44. The first-order valence-corrected chi connectivity index (χ1v) is 10.7. The van der Waals surface area contributed by atoms with Gasteiger partial charge in [0.2, 0.25) is 11.9 Å². The Bertz CT molecular complexity index is 1150. The van der Waals surface area contributed by atoms with Crippen LogP contribution in [0.4, 0.5) is 10.3 Å². The lowest BCUT2D eigenvalue weighted by molar-refractivity contribution is -0.118. The Hall–Kier alpha value is -3.21. The van der Waals surface area contributed by atoms with Gasteiger partial charge in [-0.25, -0.2) is 14.4 Å². The van der Waals surface area contributed by atoms with Gasteiger partial charge in [-0.05, 0) is 37.8 Å². The van der Waals surface area contributed by atoms with Gasteiger partial charge in [0.05, 0.1) is 17.2 Å². The lowest BCUT2D eigenvalue weighted by atomic mass is 10.1. The number of primary amides is 1. The zero-order valence-electron chi connectivity index (χ0n) is 17.1. The van der Waals surface area contributed by atoms with Crippen LogP contribution < -0.4 is 11.1 Å². The normalized spacial score (nSPS) is 17.1. The van der Waals surface area contributed by atoms with E-state index in [1.54, 1.807) is 11.1 Å². The van der Waals surface area contributed by atoms with Crippen molar-refractivity contribution in [1.29, 1.82) is 0 Å². The molecule has 9 nitrogen and oxygen atoms in total. The topological polar surface area (TPSA) is 127 Å². The van der Waals surface area contributed by atoms with E-state index in [-0.39, 0.29) is 41.8 Å². The van der Waals surface area contributed by atoms with E-state index in [0.29, 0.717) is 29.0 Å². The summed E-state index contributed by atoms with van der Waals surface area (Å²) in [6, 6.07) is 1.04. The maximum atomic E-state index is 13.5. The molecule has 2 atom stereocenters. The number of carbonyl (C=O) groups excluding carboxylic acids is 2. The Morgan fingerprint density at radius 2 is 2.16 bits per heavy atom. The molecule has 1 aliphatic rings. The SMILES string of the molecule is Cc1nc2nc(N[C@@H](C)c3cncc(F)c3)nc(C(=O)N3CC[C@H](CC(N)=O)C3)c2s1. The first-order chi connectivity index (χ1) is 14.8. The van der Waals surface area contributed by atoms with Crippen molar-refractivity contribution in [2.45, 2.75) is 32.7 Å². The van der Waals surface area contributed by atoms with Crippen molar-refractivity contribution in [3.05, 3.63) is 40.5 Å². The highest BCUT2D eigenvalue weighted by molar-refractivity contribution is 7.18. The number of hydrogen-bond donors (Lipinski definition) is 2. The van der Waals surface area contributed by atoms with Crippen molar-refractivity contribution >= 4 is 39.4 Å². The summed E-state index contributed by atoms with van der Waals surface area (Å²) in [6.07, 6.45) is 3.67. The van der Waals surface area contributed by atoms with Gasteiger partial charge in [-0.2, -0.15) is 4.98 Å². The van der Waals surface area contributed by atoms with Crippen LogP contribution in [0.15, 0.2) is 18.5 Å². The van der Waals surface area contributed by atoms with E-state index in [1.165, 1.54) is 17.4 Å². The number of nitrogens with two attached hydrogens (primary N) is 1. The molecule has 3 aromatic rings. The molecule has 3 N–H and O–H groups in total. The maximum Gasteiger partial charge on any atom is 0.274 e. The van der Waals surface area contributed by atoms with E-state index >= 15 is 0 Å². The molecular weight excluding hydrogens is 421 g/mol. The second-order valence-electron chi connectivity index (χ2n) is 7.66. The van der Waals surface area contributed by atoms with Gasteiger partial charge in [0.1, 0.15) is 10.5 Å². The number of nitrogens with zero attached hydrogens (tertiary/aromatic N) is 5. The molecule has 3 aromatic heterocycles. The van der Waals surface area contributed by atoms with Crippen molar-refractivity contribution < 1.29 is 14.0 Å². The van der Waals surface area contributed by atoms with Gasteiger partial charge in [0, 0.05) is 25.7 Å². The van der Waals surface area contributed by atoms with Crippen LogP contribution in [0.5, 0.6) is 0 Å². The fraction of sp³-hybridized carbons (Fsp3) is 0.400. The molecule has 0 aliphatic carbocycles. The molecule has 11 heteroatoms. The number of amides is 2. The number of anilines is 1. The summed E-state index contributed by atoms with van der Waals surface area (Å²) in [4.78, 5) is 43.4. The Morgan fingerprint density at radius 1 is 1.35 bits per heavy atom. The number of pyridine rings is 1. The summed E-state index contributed by atoms with van der Waals surface area (Å²) in [5.74, 6) is -0.751. The highest BCUT2D eigenvalue weighted by Gasteiger charge is 2.30. The molecule has 4 heterocycles. The number of fused-ring (bicyclic) bond motifs is 1. The fourth-order valence-electron chi connectivity index (χ4n) is 3.70. The lowest BCUT2D eigenvalue weighted by Crippen LogP contribution is -2.30. The van der Waals surface area contributed by atoms with Crippen LogP contribution in [0, 0.1) is 18.7 Å². The molecule has 162 valence electrons. The molecule has 0 saturated carbocycles. The largest absolute Gasteiger partial charge is 0.370 e. The van der Waals surface area contributed by atoms with E-state index in [2.05, 4.69) is 25.3 Å². The van der Waals surface area contributed by atoms with Crippen LogP contribution in [-0.2, 0) is 4.79 Å². The quantitative estimate of drug-likeness (QED) is 0.599. The third kappa shape index (κ3) is 4.61. The summed E-state index contributed by atoms with van der Waals surface area (Å²) in [5, 5.41) is 3.88. The first kappa shape index (κ1) is 21.0. The minimum atomic E-state index is -0.437. The van der Waals surface area contributed by atoms with Gasteiger partial charge in [0.25, 0.3) is 5.91 Å². The number of hydrogen-bond acceptors (Lipinski definition) is 8. The summed E-state index contributed by atoms with van der Waals surface area (Å²) >= 11 is 1.36. The predicted molar refractivity (Wildman–Crippen MR) is 114 cm³/mol. The number of aromatic nitrogens is 4. The number of likely N-dealkylation sites (tertiary alicyclic amines) is 1. The smallest absolute Gasteiger partial charge is 0.274 e. The molecule has 1 saturated heterocycles. The Kier molecular flexibility index (Phi) is 5.77. The average Bonchev–Trinajstić information content (AvgIpc) is 3.32. The van der Waals surface area contributed by atoms with Crippen LogP contribution in [0.25, 0.3) is 10.3 Å². The second kappa shape index (κ2) is 8.50. The standard InChI is InChI=1S/C20H22FN7O2S/c1-10(13-6-14(21)8-23-7-13)24-20-26-16(17-18(27-20)25-11(2)31-17)19(30)28-4-3-12(9-28)5-15(22)29/h6-8,10,12H,3-5,9H2,1-2H3,(H2,22,29)(H,24,26,27)/t10-,12+/m0/s1. The summed E-state index contributed by atoms with van der Waals surface area (Å²) in [7, 11) is 0. The van der Waals surface area contributed by atoms with Crippen molar-refractivity contribution in [3.63, 3.8) is 0 Å². The zero-order valence-corrected chi connectivity index (χ0v) is 17.9. The van der Waals surface area contributed by atoms with E-state index in [9.17, 15) is 14.0 Å². The van der Waals surface area contributed by atoms with E-state index in [4.69, 9.17) is 5.73 Å².